The van der Waals surface area contributed by atoms with E-state index in [1.807, 2.05) is 12.1 Å². The SMILES string of the molecule is C.C[Si](C)(C)CCOCn1ccc2c(c1=O)c1cc(F)ccc1c1nc(Cl)n(COCC[Si](C)(C)C)c21.C[Si](C)(C)CCOCn1ccc2c3nc(Cl)n(COCC[Si](C)(C)C)c3c3ccc(F)cc3c2c1=O. The van der Waals surface area contributed by atoms with E-state index in [1.165, 1.54) is 33.4 Å². The molecule has 4 aromatic heterocycles. The van der Waals surface area contributed by atoms with Crippen LogP contribution >= 0.6 is 23.2 Å². The maximum Gasteiger partial charge on any atom is 0.261 e. The molecule has 0 N–H and O–H groups in total. The Morgan fingerprint density at radius 3 is 1.23 bits per heavy atom. The number of aromatic nitrogens is 6. The lowest BCUT2D eigenvalue weighted by Crippen LogP contribution is -2.24. The number of benzene rings is 4. The molecule has 0 aliphatic rings. The Morgan fingerprint density at radius 1 is 0.466 bits per heavy atom. The summed E-state index contributed by atoms with van der Waals surface area (Å²) in [6, 6.07) is 16.7. The Morgan fingerprint density at radius 2 is 0.808 bits per heavy atom. The van der Waals surface area contributed by atoms with Crippen LogP contribution in [0.1, 0.15) is 7.43 Å². The van der Waals surface area contributed by atoms with Gasteiger partial charge in [-0.15, -0.1) is 0 Å². The molecule has 73 heavy (non-hydrogen) atoms. The molecule has 0 radical (unpaired) electrons. The van der Waals surface area contributed by atoms with Gasteiger partial charge in [0, 0.05) is 103 Å². The number of nitrogens with zero attached hydrogens (tertiary/aromatic N) is 6. The highest BCUT2D eigenvalue weighted by Gasteiger charge is 2.23. The van der Waals surface area contributed by atoms with Crippen molar-refractivity contribution >= 4 is 121 Å². The first kappa shape index (κ1) is 58.2. The van der Waals surface area contributed by atoms with E-state index < -0.39 is 43.9 Å². The lowest BCUT2D eigenvalue weighted by atomic mass is 10.0. The summed E-state index contributed by atoms with van der Waals surface area (Å²) in [6.45, 7) is 30.7. The molecule has 0 aliphatic heterocycles. The van der Waals surface area contributed by atoms with E-state index in [9.17, 15) is 18.4 Å². The van der Waals surface area contributed by atoms with E-state index >= 15 is 0 Å². The molecule has 0 unspecified atom stereocenters. The lowest BCUT2D eigenvalue weighted by Gasteiger charge is -2.17. The standard InChI is InChI=1S/2C26H35ClFN3O3Si2.CH4/c1-35(2,3)13-11-33-16-30-10-9-20-22(25(30)32)21-15-18(28)7-8-19(21)24-23(20)29-26(27)31(24)17-34-12-14-36(4,5)6;1-35(2,3)13-11-33-16-30-10-9-20-22(25(30)32)21-15-18(28)7-8-19(21)23-24(20)31(26(27)29-23)17-34-12-14-36(4,5)6;/h2*7-10,15H,11-14,16-17H2,1-6H3;1H4. The second-order valence-electron chi connectivity index (χ2n) is 23.5. The Labute approximate surface area is 441 Å². The third-order valence-electron chi connectivity index (χ3n) is 12.6. The fourth-order valence-electron chi connectivity index (χ4n) is 8.29. The van der Waals surface area contributed by atoms with Crippen LogP contribution in [0.5, 0.6) is 0 Å². The number of rotatable bonds is 20. The second kappa shape index (κ2) is 23.4. The fourth-order valence-corrected chi connectivity index (χ4v) is 11.7. The summed E-state index contributed by atoms with van der Waals surface area (Å²) in [7, 11) is -4.96. The Balaban J connectivity index is 0.000000235. The highest BCUT2D eigenvalue weighted by molar-refractivity contribution is 6.77. The zero-order chi connectivity index (χ0) is 52.5. The van der Waals surface area contributed by atoms with Gasteiger partial charge in [0.2, 0.25) is 10.6 Å². The van der Waals surface area contributed by atoms with Gasteiger partial charge in [0.1, 0.15) is 38.6 Å². The van der Waals surface area contributed by atoms with Crippen LogP contribution < -0.4 is 11.1 Å². The zero-order valence-electron chi connectivity index (χ0n) is 43.9. The van der Waals surface area contributed by atoms with Crippen LogP contribution in [0, 0.1) is 11.6 Å². The second-order valence-corrected chi connectivity index (χ2v) is 46.7. The lowest BCUT2D eigenvalue weighted by molar-refractivity contribution is 0.0850. The molecule has 0 saturated heterocycles. The number of fused-ring (bicyclic) bond motifs is 12. The monoisotopic (exact) mass is 1110 g/mol. The predicted octanol–water partition coefficient (Wildman–Crippen LogP) is 14.5. The first-order chi connectivity index (χ1) is 33.7. The van der Waals surface area contributed by atoms with Gasteiger partial charge in [-0.2, -0.15) is 0 Å². The van der Waals surface area contributed by atoms with Crippen LogP contribution in [0.15, 0.2) is 70.5 Å². The highest BCUT2D eigenvalue weighted by atomic mass is 35.5. The molecule has 20 heteroatoms. The Bertz CT molecular complexity index is 3390. The molecule has 0 amide bonds. The van der Waals surface area contributed by atoms with Crippen molar-refractivity contribution in [2.75, 3.05) is 26.4 Å². The third-order valence-corrected chi connectivity index (χ3v) is 20.0. The van der Waals surface area contributed by atoms with Crippen LogP contribution in [0.2, 0.25) is 113 Å². The van der Waals surface area contributed by atoms with Crippen LogP contribution in [-0.4, -0.2) is 87.0 Å². The van der Waals surface area contributed by atoms with Crippen LogP contribution in [0.25, 0.3) is 65.2 Å². The molecular weight excluding hydrogens is 1040 g/mol. The summed E-state index contributed by atoms with van der Waals surface area (Å²) in [4.78, 5) is 36.4. The Kier molecular flexibility index (Phi) is 18.7. The van der Waals surface area contributed by atoms with Gasteiger partial charge in [0.05, 0.1) is 32.8 Å². The van der Waals surface area contributed by atoms with Gasteiger partial charge in [-0.1, -0.05) is 86.0 Å². The smallest absolute Gasteiger partial charge is 0.261 e. The number of imidazole rings is 2. The summed E-state index contributed by atoms with van der Waals surface area (Å²) in [5, 5.41) is 5.11. The minimum Gasteiger partial charge on any atom is -0.361 e. The highest BCUT2D eigenvalue weighted by Crippen LogP contribution is 2.37. The zero-order valence-corrected chi connectivity index (χ0v) is 49.4. The molecule has 0 aliphatic carbocycles. The Hall–Kier alpha value is -4.09. The van der Waals surface area contributed by atoms with Gasteiger partial charge < -0.3 is 18.9 Å². The topological polar surface area (TPSA) is 117 Å². The van der Waals surface area contributed by atoms with Crippen molar-refractivity contribution in [3.8, 4) is 0 Å². The van der Waals surface area contributed by atoms with Gasteiger partial charge in [-0.05, 0) is 95.9 Å². The molecule has 0 bridgehead atoms. The number of hydrogen-bond acceptors (Lipinski definition) is 8. The molecule has 0 atom stereocenters. The van der Waals surface area contributed by atoms with Gasteiger partial charge in [0.15, 0.2) is 0 Å². The first-order valence-corrected chi connectivity index (χ1v) is 40.2. The summed E-state index contributed by atoms with van der Waals surface area (Å²) < 4.78 is 59.0. The first-order valence-electron chi connectivity index (χ1n) is 24.6. The van der Waals surface area contributed by atoms with Crippen molar-refractivity contribution < 1.29 is 27.7 Å². The van der Waals surface area contributed by atoms with Gasteiger partial charge >= 0.3 is 0 Å². The minimum atomic E-state index is -1.24. The van der Waals surface area contributed by atoms with Crippen molar-refractivity contribution in [1.82, 2.24) is 28.2 Å². The van der Waals surface area contributed by atoms with E-state index in [0.29, 0.717) is 86.1 Å². The van der Waals surface area contributed by atoms with Crippen molar-refractivity contribution in [3.05, 3.63) is 104 Å². The molecule has 0 saturated carbocycles. The van der Waals surface area contributed by atoms with Crippen molar-refractivity contribution in [2.24, 2.45) is 0 Å². The largest absolute Gasteiger partial charge is 0.361 e. The molecule has 396 valence electrons. The number of hydrogen-bond donors (Lipinski definition) is 0. The molecule has 4 aromatic carbocycles. The number of ether oxygens (including phenoxy) is 4. The van der Waals surface area contributed by atoms with Crippen LogP contribution in [0.3, 0.4) is 0 Å². The summed E-state index contributed by atoms with van der Waals surface area (Å²) >= 11 is 13.1. The average Bonchev–Trinajstić information content (AvgIpc) is 3.79. The molecule has 8 aromatic rings. The maximum absolute atomic E-state index is 14.4. The fraction of sp³-hybridized carbons (Fsp3) is 0.472. The third kappa shape index (κ3) is 14.2. The van der Waals surface area contributed by atoms with Gasteiger partial charge in [-0.3, -0.25) is 27.9 Å². The number of halogens is 4. The van der Waals surface area contributed by atoms with Gasteiger partial charge in [0.25, 0.3) is 11.1 Å². The van der Waals surface area contributed by atoms with Crippen molar-refractivity contribution in [2.45, 2.75) is 137 Å². The van der Waals surface area contributed by atoms with E-state index in [-0.39, 0.29) is 56.0 Å². The van der Waals surface area contributed by atoms with Gasteiger partial charge in [-0.25, -0.2) is 18.7 Å². The number of pyridine rings is 2. The van der Waals surface area contributed by atoms with E-state index in [1.54, 1.807) is 33.7 Å². The van der Waals surface area contributed by atoms with E-state index in [0.717, 1.165) is 29.7 Å². The summed E-state index contributed by atoms with van der Waals surface area (Å²) in [5.41, 5.74) is 2.20. The molecule has 8 rings (SSSR count). The quantitative estimate of drug-likeness (QED) is 0.0421. The van der Waals surface area contributed by atoms with E-state index in [4.69, 9.17) is 42.1 Å². The molecular formula is C53H74Cl2F2N6O6Si4. The van der Waals surface area contributed by atoms with Crippen molar-refractivity contribution in [3.63, 3.8) is 0 Å². The molecule has 0 fully saturated rings. The molecule has 12 nitrogen and oxygen atoms in total. The van der Waals surface area contributed by atoms with E-state index in [2.05, 4.69) is 88.5 Å². The molecule has 4 heterocycles. The summed E-state index contributed by atoms with van der Waals surface area (Å²) in [6.07, 6.45) is 3.43. The average molecular weight is 1110 g/mol. The van der Waals surface area contributed by atoms with Crippen LogP contribution in [-0.2, 0) is 45.9 Å². The summed E-state index contributed by atoms with van der Waals surface area (Å²) in [5.74, 6) is -0.822. The predicted molar refractivity (Wildman–Crippen MR) is 311 cm³/mol. The molecule has 0 spiro atoms. The van der Waals surface area contributed by atoms with Crippen LogP contribution in [0.4, 0.5) is 8.78 Å². The van der Waals surface area contributed by atoms with Crippen molar-refractivity contribution in [1.29, 1.82) is 0 Å². The minimum absolute atomic E-state index is 0. The normalized spacial score (nSPS) is 12.7. The maximum atomic E-state index is 14.4.